The van der Waals surface area contributed by atoms with Crippen molar-refractivity contribution in [1.82, 2.24) is 4.98 Å². The molecule has 0 aromatic carbocycles. The molecule has 2 rings (SSSR count). The second kappa shape index (κ2) is 3.36. The lowest BCUT2D eigenvalue weighted by molar-refractivity contribution is 0.564. The highest BCUT2D eigenvalue weighted by molar-refractivity contribution is 5.49. The standard InChI is InChI=1S/C11H16N2/c1-3-13-9(2)6-7-10-5-4-8-12-11(10)13/h4-5,8-9H,3,6-7H2,1-2H3. The molecule has 2 nitrogen and oxygen atoms in total. The minimum atomic E-state index is 0.646. The van der Waals surface area contributed by atoms with Gasteiger partial charge in [0.25, 0.3) is 0 Å². The van der Waals surface area contributed by atoms with E-state index in [-0.39, 0.29) is 0 Å². The van der Waals surface area contributed by atoms with Gasteiger partial charge in [-0.2, -0.15) is 0 Å². The summed E-state index contributed by atoms with van der Waals surface area (Å²) in [6, 6.07) is 4.87. The minimum absolute atomic E-state index is 0.646. The Kier molecular flexibility index (Phi) is 2.21. The number of rotatable bonds is 1. The molecule has 1 atom stereocenters. The summed E-state index contributed by atoms with van der Waals surface area (Å²) in [6.45, 7) is 5.53. The second-order valence-electron chi connectivity index (χ2n) is 3.66. The molecular formula is C11H16N2. The first kappa shape index (κ1) is 8.54. The van der Waals surface area contributed by atoms with E-state index in [4.69, 9.17) is 0 Å². The van der Waals surface area contributed by atoms with Crippen molar-refractivity contribution in [3.8, 4) is 0 Å². The van der Waals surface area contributed by atoms with E-state index in [0.29, 0.717) is 6.04 Å². The summed E-state index contributed by atoms with van der Waals surface area (Å²) < 4.78 is 0. The summed E-state index contributed by atoms with van der Waals surface area (Å²) in [6.07, 6.45) is 4.33. The van der Waals surface area contributed by atoms with Crippen molar-refractivity contribution >= 4 is 5.82 Å². The molecule has 0 spiro atoms. The third-order valence-corrected chi connectivity index (χ3v) is 2.84. The third-order valence-electron chi connectivity index (χ3n) is 2.84. The normalized spacial score (nSPS) is 21.4. The molecule has 2 heterocycles. The molecule has 1 aliphatic heterocycles. The van der Waals surface area contributed by atoms with E-state index in [1.807, 2.05) is 12.3 Å². The van der Waals surface area contributed by atoms with Crippen molar-refractivity contribution < 1.29 is 0 Å². The van der Waals surface area contributed by atoms with Gasteiger partial charge in [-0.05, 0) is 38.3 Å². The Morgan fingerprint density at radius 3 is 3.23 bits per heavy atom. The maximum absolute atomic E-state index is 4.45. The lowest BCUT2D eigenvalue weighted by atomic mass is 10.00. The molecule has 1 aliphatic rings. The molecule has 0 aliphatic carbocycles. The number of aromatic nitrogens is 1. The van der Waals surface area contributed by atoms with Gasteiger partial charge in [-0.3, -0.25) is 0 Å². The van der Waals surface area contributed by atoms with Crippen LogP contribution in [0.3, 0.4) is 0 Å². The van der Waals surface area contributed by atoms with E-state index in [9.17, 15) is 0 Å². The quantitative estimate of drug-likeness (QED) is 0.652. The van der Waals surface area contributed by atoms with E-state index < -0.39 is 0 Å². The van der Waals surface area contributed by atoms with Gasteiger partial charge < -0.3 is 4.90 Å². The molecule has 0 radical (unpaired) electrons. The van der Waals surface area contributed by atoms with Crippen molar-refractivity contribution in [3.05, 3.63) is 23.9 Å². The van der Waals surface area contributed by atoms with Crippen LogP contribution >= 0.6 is 0 Å². The van der Waals surface area contributed by atoms with E-state index >= 15 is 0 Å². The minimum Gasteiger partial charge on any atom is -0.354 e. The first-order valence-corrected chi connectivity index (χ1v) is 5.03. The summed E-state index contributed by atoms with van der Waals surface area (Å²) in [7, 11) is 0. The number of anilines is 1. The highest BCUT2D eigenvalue weighted by atomic mass is 15.2. The number of aryl methyl sites for hydroxylation is 1. The van der Waals surface area contributed by atoms with Gasteiger partial charge in [-0.25, -0.2) is 4.98 Å². The van der Waals surface area contributed by atoms with Crippen LogP contribution in [-0.2, 0) is 6.42 Å². The summed E-state index contributed by atoms with van der Waals surface area (Å²) in [5.74, 6) is 1.20. The Hall–Kier alpha value is -1.05. The number of hydrogen-bond donors (Lipinski definition) is 0. The molecule has 0 fully saturated rings. The van der Waals surface area contributed by atoms with Gasteiger partial charge in [0.2, 0.25) is 0 Å². The van der Waals surface area contributed by atoms with Crippen LogP contribution in [0.4, 0.5) is 5.82 Å². The molecule has 13 heavy (non-hydrogen) atoms. The Balaban J connectivity index is 2.39. The molecule has 0 saturated heterocycles. The number of pyridine rings is 1. The first-order chi connectivity index (χ1) is 6.33. The topological polar surface area (TPSA) is 16.1 Å². The Bertz CT molecular complexity index is 296. The van der Waals surface area contributed by atoms with Gasteiger partial charge in [0.1, 0.15) is 5.82 Å². The maximum Gasteiger partial charge on any atom is 0.131 e. The Labute approximate surface area is 79.6 Å². The van der Waals surface area contributed by atoms with Gasteiger partial charge in [0.05, 0.1) is 0 Å². The highest BCUT2D eigenvalue weighted by Crippen LogP contribution is 2.27. The SMILES string of the molecule is CCN1c2ncccc2CCC1C. The van der Waals surface area contributed by atoms with Crippen LogP contribution in [0.5, 0.6) is 0 Å². The summed E-state index contributed by atoms with van der Waals surface area (Å²) >= 11 is 0. The Morgan fingerprint density at radius 1 is 1.62 bits per heavy atom. The molecule has 70 valence electrons. The predicted molar refractivity (Wildman–Crippen MR) is 55.0 cm³/mol. The molecule has 1 aromatic rings. The number of nitrogens with zero attached hydrogens (tertiary/aromatic N) is 2. The molecule has 0 N–H and O–H groups in total. The van der Waals surface area contributed by atoms with Crippen LogP contribution in [-0.4, -0.2) is 17.6 Å². The van der Waals surface area contributed by atoms with Crippen LogP contribution < -0.4 is 4.90 Å². The van der Waals surface area contributed by atoms with Gasteiger partial charge >= 0.3 is 0 Å². The average molecular weight is 176 g/mol. The van der Waals surface area contributed by atoms with Crippen LogP contribution in [0.15, 0.2) is 18.3 Å². The monoisotopic (exact) mass is 176 g/mol. The number of fused-ring (bicyclic) bond motifs is 1. The lowest BCUT2D eigenvalue weighted by Crippen LogP contribution is -2.37. The lowest BCUT2D eigenvalue weighted by Gasteiger charge is -2.34. The molecule has 0 saturated carbocycles. The fourth-order valence-corrected chi connectivity index (χ4v) is 2.07. The van der Waals surface area contributed by atoms with Crippen LogP contribution in [0.2, 0.25) is 0 Å². The van der Waals surface area contributed by atoms with Crippen LogP contribution in [0, 0.1) is 0 Å². The van der Waals surface area contributed by atoms with E-state index in [2.05, 4.69) is 29.8 Å². The van der Waals surface area contributed by atoms with Crippen molar-refractivity contribution in [2.24, 2.45) is 0 Å². The molecule has 2 heteroatoms. The smallest absolute Gasteiger partial charge is 0.131 e. The van der Waals surface area contributed by atoms with Crippen molar-refractivity contribution in [2.45, 2.75) is 32.7 Å². The van der Waals surface area contributed by atoms with E-state index in [1.54, 1.807) is 0 Å². The molecule has 0 amide bonds. The molecule has 1 aromatic heterocycles. The van der Waals surface area contributed by atoms with Crippen LogP contribution in [0.1, 0.15) is 25.8 Å². The van der Waals surface area contributed by atoms with Crippen LogP contribution in [0.25, 0.3) is 0 Å². The largest absolute Gasteiger partial charge is 0.354 e. The van der Waals surface area contributed by atoms with E-state index in [1.165, 1.54) is 24.2 Å². The third kappa shape index (κ3) is 1.41. The second-order valence-corrected chi connectivity index (χ2v) is 3.66. The van der Waals surface area contributed by atoms with Crippen molar-refractivity contribution in [1.29, 1.82) is 0 Å². The summed E-state index contributed by atoms with van der Waals surface area (Å²) in [5, 5.41) is 0. The van der Waals surface area contributed by atoms with Crippen molar-refractivity contribution in [3.63, 3.8) is 0 Å². The molecule has 1 unspecified atom stereocenters. The number of hydrogen-bond acceptors (Lipinski definition) is 2. The highest BCUT2D eigenvalue weighted by Gasteiger charge is 2.21. The average Bonchev–Trinajstić information content (AvgIpc) is 2.18. The van der Waals surface area contributed by atoms with Gasteiger partial charge in [-0.1, -0.05) is 6.07 Å². The first-order valence-electron chi connectivity index (χ1n) is 5.03. The molecule has 0 bridgehead atoms. The van der Waals surface area contributed by atoms with Gasteiger partial charge in [0.15, 0.2) is 0 Å². The zero-order valence-electron chi connectivity index (χ0n) is 8.33. The fraction of sp³-hybridized carbons (Fsp3) is 0.545. The van der Waals surface area contributed by atoms with Gasteiger partial charge in [-0.15, -0.1) is 0 Å². The fourth-order valence-electron chi connectivity index (χ4n) is 2.07. The summed E-state index contributed by atoms with van der Waals surface area (Å²) in [5.41, 5.74) is 1.41. The molecular weight excluding hydrogens is 160 g/mol. The summed E-state index contributed by atoms with van der Waals surface area (Å²) in [4.78, 5) is 6.84. The van der Waals surface area contributed by atoms with Gasteiger partial charge in [0, 0.05) is 18.8 Å². The maximum atomic E-state index is 4.45. The van der Waals surface area contributed by atoms with E-state index in [0.717, 1.165) is 6.54 Å². The zero-order chi connectivity index (χ0) is 9.26. The predicted octanol–water partition coefficient (Wildman–Crippen LogP) is 2.24. The zero-order valence-corrected chi connectivity index (χ0v) is 8.33. The Morgan fingerprint density at radius 2 is 2.46 bits per heavy atom. The van der Waals surface area contributed by atoms with Crippen molar-refractivity contribution in [2.75, 3.05) is 11.4 Å².